The number of piperidine rings is 1. The first kappa shape index (κ1) is 38.0. The summed E-state index contributed by atoms with van der Waals surface area (Å²) in [4.78, 5) is 81.5. The third-order valence-corrected chi connectivity index (χ3v) is 9.80. The molecule has 6 rings (SSSR count). The van der Waals surface area contributed by atoms with Crippen LogP contribution in [0.4, 0.5) is 10.5 Å². The molecule has 0 radical (unpaired) electrons. The van der Waals surface area contributed by atoms with Gasteiger partial charge in [0.15, 0.2) is 0 Å². The molecule has 286 valence electrons. The smallest absolute Gasteiger partial charge is 0.317 e. The number of amides is 6. The average Bonchev–Trinajstić information content (AvgIpc) is 3.41. The van der Waals surface area contributed by atoms with Gasteiger partial charge in [0.05, 0.1) is 44.1 Å². The molecule has 3 N–H and O–H groups in total. The van der Waals surface area contributed by atoms with E-state index in [4.69, 9.17) is 14.2 Å². The van der Waals surface area contributed by atoms with Crippen LogP contribution in [-0.2, 0) is 40.9 Å². The van der Waals surface area contributed by atoms with Crippen molar-refractivity contribution >= 4 is 35.3 Å². The fourth-order valence-electron chi connectivity index (χ4n) is 7.19. The summed E-state index contributed by atoms with van der Waals surface area (Å²) >= 11 is 0. The predicted octanol–water partition coefficient (Wildman–Crippen LogP) is 1.73. The van der Waals surface area contributed by atoms with Crippen molar-refractivity contribution in [3.8, 4) is 22.6 Å². The summed E-state index contributed by atoms with van der Waals surface area (Å²) in [5, 5.41) is 8.23. The normalized spacial score (nSPS) is 16.7. The van der Waals surface area contributed by atoms with Crippen molar-refractivity contribution in [3.63, 3.8) is 0 Å². The summed E-state index contributed by atoms with van der Waals surface area (Å²) in [7, 11) is 8.88. The molecule has 2 aromatic carbocycles. The van der Waals surface area contributed by atoms with Gasteiger partial charge in [-0.15, -0.1) is 0 Å². The van der Waals surface area contributed by atoms with Gasteiger partial charge in [0, 0.05) is 69.2 Å². The Balaban J connectivity index is 1.03. The van der Waals surface area contributed by atoms with Gasteiger partial charge in [0.2, 0.25) is 11.8 Å². The zero-order chi connectivity index (χ0) is 38.7. The van der Waals surface area contributed by atoms with E-state index in [0.717, 1.165) is 27.2 Å². The number of nitrogens with one attached hydrogen (secondary N) is 3. The van der Waals surface area contributed by atoms with Gasteiger partial charge in [0.1, 0.15) is 17.5 Å². The number of benzene rings is 2. The summed E-state index contributed by atoms with van der Waals surface area (Å²) in [5.74, 6) is -0.953. The van der Waals surface area contributed by atoms with Gasteiger partial charge in [0.25, 0.3) is 17.4 Å². The number of hydrogen-bond acceptors (Lipinski definition) is 11. The Hall–Kier alpha value is -5.74. The second kappa shape index (κ2) is 16.1. The average molecular weight is 744 g/mol. The van der Waals surface area contributed by atoms with Crippen molar-refractivity contribution in [3.05, 3.63) is 74.7 Å². The molecule has 1 unspecified atom stereocenters. The molecular formula is C38H45N7O9. The van der Waals surface area contributed by atoms with E-state index in [2.05, 4.69) is 16.0 Å². The molecule has 1 fully saturated rings. The Bertz CT molecular complexity index is 2040. The van der Waals surface area contributed by atoms with Crippen LogP contribution < -0.4 is 31.0 Å². The maximum atomic E-state index is 13.3. The molecule has 3 aliphatic heterocycles. The second-order valence-electron chi connectivity index (χ2n) is 13.6. The molecule has 1 atom stereocenters. The number of carbonyl (C=O) groups excluding carboxylic acids is 5. The quantitative estimate of drug-likeness (QED) is 0.171. The number of aromatic nitrogens is 1. The van der Waals surface area contributed by atoms with Crippen LogP contribution in [0.5, 0.6) is 11.5 Å². The Kier molecular flexibility index (Phi) is 11.3. The second-order valence-corrected chi connectivity index (χ2v) is 13.6. The molecule has 1 aromatic heterocycles. The number of hydrogen-bond donors (Lipinski definition) is 3. The highest BCUT2D eigenvalue weighted by Crippen LogP contribution is 2.38. The van der Waals surface area contributed by atoms with Crippen molar-refractivity contribution in [2.75, 3.05) is 66.5 Å². The number of fused-ring (bicyclic) bond motifs is 2. The van der Waals surface area contributed by atoms with Crippen LogP contribution in [0.15, 0.2) is 41.3 Å². The molecule has 1 saturated heterocycles. The van der Waals surface area contributed by atoms with Crippen LogP contribution in [0.3, 0.4) is 0 Å². The summed E-state index contributed by atoms with van der Waals surface area (Å²) in [6.07, 6.45) is 2.31. The molecule has 16 nitrogen and oxygen atoms in total. The lowest BCUT2D eigenvalue weighted by atomic mass is 9.92. The van der Waals surface area contributed by atoms with Crippen molar-refractivity contribution < 1.29 is 38.2 Å². The lowest BCUT2D eigenvalue weighted by Gasteiger charge is -2.31. The summed E-state index contributed by atoms with van der Waals surface area (Å²) in [6.45, 7) is 2.22. The summed E-state index contributed by atoms with van der Waals surface area (Å²) < 4.78 is 18.8. The Morgan fingerprint density at radius 1 is 0.944 bits per heavy atom. The van der Waals surface area contributed by atoms with Gasteiger partial charge in [-0.3, -0.25) is 34.2 Å². The van der Waals surface area contributed by atoms with Crippen LogP contribution in [0.1, 0.15) is 50.2 Å². The Morgan fingerprint density at radius 2 is 1.67 bits per heavy atom. The molecule has 54 heavy (non-hydrogen) atoms. The Labute approximate surface area is 312 Å². The Morgan fingerprint density at radius 3 is 2.35 bits per heavy atom. The van der Waals surface area contributed by atoms with Crippen LogP contribution in [-0.4, -0.2) is 116 Å². The molecule has 3 aliphatic rings. The third kappa shape index (κ3) is 7.52. The minimum Gasteiger partial charge on any atom is -0.496 e. The number of ether oxygens (including phenoxy) is 3. The van der Waals surface area contributed by atoms with Crippen molar-refractivity contribution in [2.24, 2.45) is 7.05 Å². The van der Waals surface area contributed by atoms with Crippen LogP contribution in [0.2, 0.25) is 0 Å². The van der Waals surface area contributed by atoms with Crippen LogP contribution in [0, 0.1) is 0 Å². The van der Waals surface area contributed by atoms with E-state index in [1.54, 1.807) is 49.1 Å². The van der Waals surface area contributed by atoms with Gasteiger partial charge >= 0.3 is 6.03 Å². The van der Waals surface area contributed by atoms with E-state index in [9.17, 15) is 28.8 Å². The maximum absolute atomic E-state index is 13.3. The molecular weight excluding hydrogens is 698 g/mol. The van der Waals surface area contributed by atoms with Crippen LogP contribution >= 0.6 is 0 Å². The first-order valence-corrected chi connectivity index (χ1v) is 17.7. The van der Waals surface area contributed by atoms with E-state index >= 15 is 0 Å². The van der Waals surface area contributed by atoms with Gasteiger partial charge in [-0.1, -0.05) is 6.07 Å². The first-order valence-electron chi connectivity index (χ1n) is 17.7. The van der Waals surface area contributed by atoms with Crippen molar-refractivity contribution in [2.45, 2.75) is 38.4 Å². The van der Waals surface area contributed by atoms with Gasteiger partial charge < -0.3 is 39.2 Å². The standard InChI is InChI=1S/C38H45N7O9/c1-42(2)19-27-30(52-4)17-22(18-31(27)53-5)25-20-43(3)35(48)23-11-14-44(21-26(23)25)38(51)40-13-16-54-15-12-39-28-8-6-7-24-33(28)37(50)45(36(24)49)29-9-10-32(46)41-34(29)47/h6-8,17-18,20,29,39H,9-16,19,21H2,1-5H3,(H,40,51)(H,41,46,47). The van der Waals surface area contributed by atoms with E-state index in [0.29, 0.717) is 48.8 Å². The van der Waals surface area contributed by atoms with Crippen molar-refractivity contribution in [1.82, 2.24) is 29.9 Å². The summed E-state index contributed by atoms with van der Waals surface area (Å²) in [5.41, 5.74) is 4.66. The number of rotatable bonds is 13. The van der Waals surface area contributed by atoms with Gasteiger partial charge in [-0.2, -0.15) is 0 Å². The maximum Gasteiger partial charge on any atom is 0.317 e. The van der Waals surface area contributed by atoms with Gasteiger partial charge in [-0.05, 0) is 62.3 Å². The van der Waals surface area contributed by atoms with Crippen LogP contribution in [0.25, 0.3) is 11.1 Å². The number of pyridine rings is 1. The number of urea groups is 1. The number of anilines is 1. The van der Waals surface area contributed by atoms with E-state index in [-0.39, 0.29) is 61.9 Å². The number of nitrogens with zero attached hydrogens (tertiary/aromatic N) is 4. The molecule has 3 aromatic rings. The molecule has 6 amide bonds. The SMILES string of the molecule is COc1cc(-c2cn(C)c(=O)c3c2CN(C(=O)NCCOCCNc2cccc4c2C(=O)N(C2CCC(=O)NC2=O)C4=O)CC3)cc(OC)c1CN(C)C. The highest BCUT2D eigenvalue weighted by molar-refractivity contribution is 6.25. The van der Waals surface area contributed by atoms with Crippen molar-refractivity contribution in [1.29, 1.82) is 0 Å². The lowest BCUT2D eigenvalue weighted by Crippen LogP contribution is -2.54. The molecule has 0 bridgehead atoms. The minimum absolute atomic E-state index is 0.0411. The molecule has 0 spiro atoms. The lowest BCUT2D eigenvalue weighted by molar-refractivity contribution is -0.136. The minimum atomic E-state index is -1.05. The molecule has 0 saturated carbocycles. The predicted molar refractivity (Wildman–Crippen MR) is 198 cm³/mol. The number of methoxy groups -OCH3 is 2. The highest BCUT2D eigenvalue weighted by atomic mass is 16.5. The molecule has 0 aliphatic carbocycles. The zero-order valence-corrected chi connectivity index (χ0v) is 31.1. The summed E-state index contributed by atoms with van der Waals surface area (Å²) in [6, 6.07) is 7.39. The largest absolute Gasteiger partial charge is 0.496 e. The zero-order valence-electron chi connectivity index (χ0n) is 31.1. The van der Waals surface area contributed by atoms with E-state index in [1.807, 2.05) is 31.1 Å². The third-order valence-electron chi connectivity index (χ3n) is 9.80. The number of carbonyl (C=O) groups is 5. The molecule has 4 heterocycles. The van der Waals surface area contributed by atoms with E-state index < -0.39 is 29.7 Å². The molecule has 16 heteroatoms. The highest BCUT2D eigenvalue weighted by Gasteiger charge is 2.45. The van der Waals surface area contributed by atoms with E-state index in [1.165, 1.54) is 6.07 Å². The number of aryl methyl sites for hydroxylation is 1. The fraction of sp³-hybridized carbons (Fsp3) is 0.421. The fourth-order valence-corrected chi connectivity index (χ4v) is 7.19. The number of imide groups is 2. The first-order chi connectivity index (χ1) is 25.9. The topological polar surface area (TPSA) is 181 Å². The van der Waals surface area contributed by atoms with Gasteiger partial charge in [-0.25, -0.2) is 4.79 Å². The monoisotopic (exact) mass is 743 g/mol.